The standard InChI is InChI=1S/C21H24ClNO3/c1-3-23(4-2)14-15-25-21(24)20(16-17-8-6-5-7-9-17)26-19-12-10-18(22)11-13-19/h5-13,16H,3-4,14-15H2,1-2H3/b20-16+. The van der Waals surface area contributed by atoms with Gasteiger partial charge in [-0.2, -0.15) is 0 Å². The second-order valence-electron chi connectivity index (χ2n) is 5.64. The third kappa shape index (κ3) is 6.54. The summed E-state index contributed by atoms with van der Waals surface area (Å²) in [5, 5.41) is 0.604. The third-order valence-corrected chi connectivity index (χ3v) is 4.13. The van der Waals surface area contributed by atoms with Crippen molar-refractivity contribution in [2.24, 2.45) is 0 Å². The maximum absolute atomic E-state index is 12.5. The van der Waals surface area contributed by atoms with Crippen LogP contribution in [0.5, 0.6) is 5.75 Å². The molecule has 0 aliphatic carbocycles. The molecule has 0 atom stereocenters. The molecule has 0 aliphatic heterocycles. The summed E-state index contributed by atoms with van der Waals surface area (Å²) in [6.45, 7) is 7.00. The predicted molar refractivity (Wildman–Crippen MR) is 105 cm³/mol. The van der Waals surface area contributed by atoms with Crippen LogP contribution in [0.1, 0.15) is 19.4 Å². The molecule has 2 aromatic rings. The predicted octanol–water partition coefficient (Wildman–Crippen LogP) is 4.64. The lowest BCUT2D eigenvalue weighted by molar-refractivity contribution is -0.141. The molecule has 5 heteroatoms. The quantitative estimate of drug-likeness (QED) is 0.364. The van der Waals surface area contributed by atoms with Crippen molar-refractivity contribution < 1.29 is 14.3 Å². The Labute approximate surface area is 160 Å². The van der Waals surface area contributed by atoms with Crippen molar-refractivity contribution in [3.05, 3.63) is 70.9 Å². The summed E-state index contributed by atoms with van der Waals surface area (Å²) >= 11 is 5.90. The number of benzene rings is 2. The third-order valence-electron chi connectivity index (χ3n) is 3.88. The number of nitrogens with zero attached hydrogens (tertiary/aromatic N) is 1. The number of likely N-dealkylation sites (N-methyl/N-ethyl adjacent to an activating group) is 1. The average molecular weight is 374 g/mol. The fourth-order valence-corrected chi connectivity index (χ4v) is 2.46. The van der Waals surface area contributed by atoms with E-state index in [1.807, 2.05) is 30.3 Å². The van der Waals surface area contributed by atoms with Crippen molar-refractivity contribution in [3.63, 3.8) is 0 Å². The maximum Gasteiger partial charge on any atom is 0.374 e. The fraction of sp³-hybridized carbons (Fsp3) is 0.286. The van der Waals surface area contributed by atoms with Crippen LogP contribution in [-0.2, 0) is 9.53 Å². The highest BCUT2D eigenvalue weighted by atomic mass is 35.5. The van der Waals surface area contributed by atoms with Gasteiger partial charge in [0, 0.05) is 11.6 Å². The minimum atomic E-state index is -0.490. The highest BCUT2D eigenvalue weighted by Crippen LogP contribution is 2.20. The largest absolute Gasteiger partial charge is 0.458 e. The highest BCUT2D eigenvalue weighted by molar-refractivity contribution is 6.30. The van der Waals surface area contributed by atoms with Gasteiger partial charge < -0.3 is 14.4 Å². The summed E-state index contributed by atoms with van der Waals surface area (Å²) in [4.78, 5) is 14.7. The summed E-state index contributed by atoms with van der Waals surface area (Å²) in [5.74, 6) is 0.173. The van der Waals surface area contributed by atoms with Gasteiger partial charge in [0.25, 0.3) is 0 Å². The number of hydrogen-bond donors (Lipinski definition) is 0. The lowest BCUT2D eigenvalue weighted by Crippen LogP contribution is -2.28. The Morgan fingerprint density at radius 2 is 1.69 bits per heavy atom. The Kier molecular flexibility index (Phi) is 8.19. The molecule has 0 spiro atoms. The molecule has 2 aromatic carbocycles. The van der Waals surface area contributed by atoms with Crippen LogP contribution in [0.2, 0.25) is 5.02 Å². The first-order valence-corrected chi connectivity index (χ1v) is 9.09. The van der Waals surface area contributed by atoms with E-state index in [-0.39, 0.29) is 5.76 Å². The fourth-order valence-electron chi connectivity index (χ4n) is 2.34. The van der Waals surface area contributed by atoms with E-state index in [0.29, 0.717) is 23.9 Å². The van der Waals surface area contributed by atoms with Gasteiger partial charge in [0.1, 0.15) is 12.4 Å². The van der Waals surface area contributed by atoms with E-state index in [1.54, 1.807) is 30.3 Å². The van der Waals surface area contributed by atoms with E-state index in [1.165, 1.54) is 0 Å². The average Bonchev–Trinajstić information content (AvgIpc) is 2.67. The second-order valence-corrected chi connectivity index (χ2v) is 6.07. The van der Waals surface area contributed by atoms with Gasteiger partial charge in [-0.05, 0) is 49.0 Å². The van der Waals surface area contributed by atoms with Gasteiger partial charge in [0.05, 0.1) is 0 Å². The number of hydrogen-bond acceptors (Lipinski definition) is 4. The summed E-state index contributed by atoms with van der Waals surface area (Å²) in [5.41, 5.74) is 0.858. The van der Waals surface area contributed by atoms with Crippen LogP contribution in [0, 0.1) is 0 Å². The zero-order valence-corrected chi connectivity index (χ0v) is 15.9. The van der Waals surface area contributed by atoms with Crippen molar-refractivity contribution in [1.29, 1.82) is 0 Å². The zero-order chi connectivity index (χ0) is 18.8. The molecular formula is C21H24ClNO3. The van der Waals surface area contributed by atoms with Crippen LogP contribution in [0.25, 0.3) is 6.08 Å². The molecule has 26 heavy (non-hydrogen) atoms. The summed E-state index contributed by atoms with van der Waals surface area (Å²) < 4.78 is 11.2. The number of halogens is 1. The van der Waals surface area contributed by atoms with Gasteiger partial charge in [-0.15, -0.1) is 0 Å². The Morgan fingerprint density at radius 1 is 1.04 bits per heavy atom. The molecule has 0 fully saturated rings. The van der Waals surface area contributed by atoms with E-state index in [9.17, 15) is 4.79 Å². The summed E-state index contributed by atoms with van der Waals surface area (Å²) in [7, 11) is 0. The van der Waals surface area contributed by atoms with Gasteiger partial charge in [0.15, 0.2) is 0 Å². The smallest absolute Gasteiger partial charge is 0.374 e. The Balaban J connectivity index is 2.10. The van der Waals surface area contributed by atoms with Crippen LogP contribution in [0.15, 0.2) is 60.4 Å². The maximum atomic E-state index is 12.5. The van der Waals surface area contributed by atoms with Crippen molar-refractivity contribution in [1.82, 2.24) is 4.90 Å². The number of rotatable bonds is 9. The number of ether oxygens (including phenoxy) is 2. The molecule has 0 aliphatic rings. The Morgan fingerprint density at radius 3 is 2.31 bits per heavy atom. The van der Waals surface area contributed by atoms with E-state index in [2.05, 4.69) is 18.7 Å². The molecule has 0 unspecified atom stereocenters. The lowest BCUT2D eigenvalue weighted by Gasteiger charge is -2.18. The number of carbonyl (C=O) groups excluding carboxylic acids is 1. The van der Waals surface area contributed by atoms with E-state index >= 15 is 0 Å². The zero-order valence-electron chi connectivity index (χ0n) is 15.2. The van der Waals surface area contributed by atoms with Crippen molar-refractivity contribution >= 4 is 23.6 Å². The molecule has 0 radical (unpaired) electrons. The van der Waals surface area contributed by atoms with Gasteiger partial charge >= 0.3 is 5.97 Å². The molecule has 2 rings (SSSR count). The molecule has 0 amide bonds. The summed E-state index contributed by atoms with van der Waals surface area (Å²) in [6, 6.07) is 16.4. The van der Waals surface area contributed by atoms with E-state index < -0.39 is 5.97 Å². The first-order chi connectivity index (χ1) is 12.6. The molecule has 0 heterocycles. The minimum absolute atomic E-state index is 0.137. The van der Waals surface area contributed by atoms with Crippen molar-refractivity contribution in [2.75, 3.05) is 26.2 Å². The molecule has 0 N–H and O–H groups in total. The van der Waals surface area contributed by atoms with Crippen molar-refractivity contribution in [3.8, 4) is 5.75 Å². The molecule has 0 bridgehead atoms. The lowest BCUT2D eigenvalue weighted by atomic mass is 10.2. The molecule has 138 valence electrons. The number of carbonyl (C=O) groups is 1. The van der Waals surface area contributed by atoms with E-state index in [4.69, 9.17) is 21.1 Å². The van der Waals surface area contributed by atoms with Gasteiger partial charge in [-0.3, -0.25) is 0 Å². The highest BCUT2D eigenvalue weighted by Gasteiger charge is 2.15. The van der Waals surface area contributed by atoms with E-state index in [0.717, 1.165) is 18.7 Å². The van der Waals surface area contributed by atoms with Gasteiger partial charge in [-0.1, -0.05) is 55.8 Å². The van der Waals surface area contributed by atoms with Crippen LogP contribution < -0.4 is 4.74 Å². The molecule has 0 saturated heterocycles. The molecular weight excluding hydrogens is 350 g/mol. The minimum Gasteiger partial charge on any atom is -0.458 e. The van der Waals surface area contributed by atoms with Crippen LogP contribution >= 0.6 is 11.6 Å². The second kappa shape index (κ2) is 10.6. The van der Waals surface area contributed by atoms with Gasteiger partial charge in [-0.25, -0.2) is 4.79 Å². The summed E-state index contributed by atoms with van der Waals surface area (Å²) in [6.07, 6.45) is 1.67. The van der Waals surface area contributed by atoms with Gasteiger partial charge in [0.2, 0.25) is 5.76 Å². The molecule has 0 aromatic heterocycles. The van der Waals surface area contributed by atoms with Crippen LogP contribution in [0.4, 0.5) is 0 Å². The molecule has 0 saturated carbocycles. The first kappa shape index (κ1) is 20.0. The SMILES string of the molecule is CCN(CC)CCOC(=O)/C(=C\c1ccccc1)Oc1ccc(Cl)cc1. The monoisotopic (exact) mass is 373 g/mol. The van der Waals surface area contributed by atoms with Crippen molar-refractivity contribution in [2.45, 2.75) is 13.8 Å². The van der Waals surface area contributed by atoms with Crippen LogP contribution in [0.3, 0.4) is 0 Å². The number of esters is 1. The van der Waals surface area contributed by atoms with Crippen LogP contribution in [-0.4, -0.2) is 37.1 Å². The Bertz CT molecular complexity index is 710. The topological polar surface area (TPSA) is 38.8 Å². The normalized spacial score (nSPS) is 11.5. The first-order valence-electron chi connectivity index (χ1n) is 8.72. The Hall–Kier alpha value is -2.30. The molecule has 4 nitrogen and oxygen atoms in total.